The highest BCUT2D eigenvalue weighted by atomic mass is 35.5. The molecule has 9 rings (SSSR count). The lowest BCUT2D eigenvalue weighted by Gasteiger charge is -2.17. The van der Waals surface area contributed by atoms with Crippen molar-refractivity contribution in [3.8, 4) is 35.0 Å². The summed E-state index contributed by atoms with van der Waals surface area (Å²) in [6.07, 6.45) is 2.61. The Morgan fingerprint density at radius 1 is 0.827 bits per heavy atom. The predicted molar refractivity (Wildman–Crippen MR) is 313 cm³/mol. The molecule has 1 aliphatic rings. The molecular weight excluding hydrogens is 1060 g/mol. The van der Waals surface area contributed by atoms with E-state index in [0.717, 1.165) is 45.4 Å². The summed E-state index contributed by atoms with van der Waals surface area (Å²) in [5.41, 5.74) is 9.38. The molecule has 0 radical (unpaired) electrons. The third kappa shape index (κ3) is 16.2. The van der Waals surface area contributed by atoms with Gasteiger partial charge >= 0.3 is 11.7 Å². The van der Waals surface area contributed by atoms with E-state index in [-0.39, 0.29) is 61.0 Å². The Bertz CT molecular complexity index is 3650. The molecule has 17 nitrogen and oxygen atoms in total. The number of halogens is 2. The first-order chi connectivity index (χ1) is 38.6. The van der Waals surface area contributed by atoms with Crippen LogP contribution in [0, 0.1) is 19.7 Å². The zero-order valence-corrected chi connectivity index (χ0v) is 45.9. The zero-order chi connectivity index (χ0) is 57.1. The Morgan fingerprint density at radius 2 is 1.47 bits per heavy atom. The second-order valence-electron chi connectivity index (χ2n) is 17.7. The second-order valence-corrected chi connectivity index (χ2v) is 18.1. The minimum Gasteiger partial charge on any atom is -0.471 e. The maximum absolute atomic E-state index is 15.0. The predicted octanol–water partition coefficient (Wildman–Crippen LogP) is 13.4. The Hall–Kier alpha value is -9.68. The van der Waals surface area contributed by atoms with Gasteiger partial charge in [-0.05, 0) is 80.7 Å². The van der Waals surface area contributed by atoms with Crippen molar-refractivity contribution < 1.29 is 42.6 Å². The molecule has 0 aliphatic carbocycles. The number of hydrogen-bond donors (Lipinski definition) is 0. The number of aromatic nitrogens is 5. The molecule has 6 aromatic carbocycles. The Morgan fingerprint density at radius 3 is 2.15 bits per heavy atom. The van der Waals surface area contributed by atoms with E-state index < -0.39 is 5.82 Å². The molecule has 0 amide bonds. The quantitative estimate of drug-likeness (QED) is 0.0451. The minimum absolute atomic E-state index is 0. The van der Waals surface area contributed by atoms with E-state index in [1.807, 2.05) is 113 Å². The van der Waals surface area contributed by atoms with E-state index >= 15 is 0 Å². The van der Waals surface area contributed by atoms with Crippen LogP contribution in [0.2, 0.25) is 5.02 Å². The molecule has 2 aromatic heterocycles. The van der Waals surface area contributed by atoms with E-state index in [9.17, 15) is 14.0 Å². The van der Waals surface area contributed by atoms with Crippen LogP contribution in [0.3, 0.4) is 0 Å². The molecule has 81 heavy (non-hydrogen) atoms. The number of benzene rings is 6. The Labute approximate surface area is 474 Å². The van der Waals surface area contributed by atoms with Crippen LogP contribution in [0.5, 0.6) is 29.3 Å². The first-order valence-electron chi connectivity index (χ1n) is 24.9. The molecule has 0 spiro atoms. The Kier molecular flexibility index (Phi) is 21.9. The monoisotopic (exact) mass is 1120 g/mol. The highest BCUT2D eigenvalue weighted by molar-refractivity contribution is 6.32. The summed E-state index contributed by atoms with van der Waals surface area (Å²) in [6.45, 7) is 18.2. The maximum Gasteiger partial charge on any atom is 0.353 e. The van der Waals surface area contributed by atoms with E-state index in [1.54, 1.807) is 61.8 Å². The van der Waals surface area contributed by atoms with Crippen molar-refractivity contribution in [1.29, 1.82) is 0 Å². The van der Waals surface area contributed by atoms with Gasteiger partial charge in [0.15, 0.2) is 12.4 Å². The molecule has 1 aliphatic heterocycles. The van der Waals surface area contributed by atoms with Crippen LogP contribution in [0.4, 0.5) is 4.39 Å². The number of hydrogen-bond acceptors (Lipinski definition) is 15. The Balaban J connectivity index is 0.000000196. The highest BCUT2D eigenvalue weighted by Crippen LogP contribution is 2.35. The van der Waals surface area contributed by atoms with Gasteiger partial charge in [0.1, 0.15) is 37.1 Å². The number of methoxy groups -OCH3 is 1. The first kappa shape index (κ1) is 60.5. The number of nitrogens with zero attached hydrogens (tertiary/aromatic N) is 8. The fraction of sp³-hybridized carbons (Fsp3) is 0.194. The van der Waals surface area contributed by atoms with E-state index in [4.69, 9.17) is 45.1 Å². The van der Waals surface area contributed by atoms with Crippen molar-refractivity contribution in [1.82, 2.24) is 24.3 Å². The summed E-state index contributed by atoms with van der Waals surface area (Å²) in [5.74, 6) is -0.812. The summed E-state index contributed by atoms with van der Waals surface area (Å²) in [7, 11) is 3.06. The fourth-order valence-corrected chi connectivity index (χ4v) is 7.75. The van der Waals surface area contributed by atoms with Gasteiger partial charge in [0, 0.05) is 34.9 Å². The standard InChI is InChI=1S/C21H15ClFN3O4.C20H22N4O3.C20H21NO2.CH4/c1-13(19-26-28-11-10-27-19)14-6-2-4-8-16(14)29-20-18(23)21(25-12-24-20)30-17-9-5-3-7-15(17)22;1-14-8-7-10-16(12-14)15(2)22-27-13-17-9-5-6-11-18(17)24-19(26-4)21-23(3)20(24)25;1-14-8-7-10-18(12-14)17(4)23-21-13-19-9-5-6-11-20(19)15(2)16(3)22;/h2-9,12H,1,10-11H2;5-12H,13H2,1-4H3;5-13,17H,2H2,1,3-4H3;1H4/b;22-15+;21-13+;. The van der Waals surface area contributed by atoms with Crippen molar-refractivity contribution in [3.63, 3.8) is 0 Å². The van der Waals surface area contributed by atoms with Crippen LogP contribution in [0.1, 0.15) is 78.8 Å². The van der Waals surface area contributed by atoms with Crippen molar-refractivity contribution in [2.45, 2.75) is 54.8 Å². The number of rotatable bonds is 18. The van der Waals surface area contributed by atoms with Crippen molar-refractivity contribution in [3.05, 3.63) is 231 Å². The zero-order valence-electron chi connectivity index (χ0n) is 45.1. The molecule has 0 bridgehead atoms. The lowest BCUT2D eigenvalue weighted by Crippen LogP contribution is -2.22. The average molecular weight is 1120 g/mol. The molecule has 418 valence electrons. The van der Waals surface area contributed by atoms with Crippen molar-refractivity contribution in [2.75, 3.05) is 20.3 Å². The topological polar surface area (TPSA) is 184 Å². The van der Waals surface area contributed by atoms with Gasteiger partial charge in [0.25, 0.3) is 17.7 Å². The van der Waals surface area contributed by atoms with Gasteiger partial charge in [-0.3, -0.25) is 4.79 Å². The van der Waals surface area contributed by atoms with Crippen LogP contribution in [-0.4, -0.2) is 68.2 Å². The van der Waals surface area contributed by atoms with Crippen LogP contribution in [0.25, 0.3) is 16.8 Å². The second kappa shape index (κ2) is 29.3. The molecule has 19 heteroatoms. The maximum atomic E-state index is 15.0. The van der Waals surface area contributed by atoms with Gasteiger partial charge in [-0.1, -0.05) is 175 Å². The van der Waals surface area contributed by atoms with Crippen LogP contribution >= 0.6 is 11.6 Å². The number of carbonyl (C=O) groups excluding carboxylic acids is 1. The molecule has 1 unspecified atom stereocenters. The van der Waals surface area contributed by atoms with Gasteiger partial charge in [-0.25, -0.2) is 14.0 Å². The number of Topliss-reactive ketones (excluding diaryl/α,β-unsaturated/α-hetero) is 1. The van der Waals surface area contributed by atoms with Crippen molar-refractivity contribution >= 4 is 46.4 Å². The van der Waals surface area contributed by atoms with Crippen LogP contribution in [0.15, 0.2) is 185 Å². The summed E-state index contributed by atoms with van der Waals surface area (Å²) < 4.78 is 39.5. The van der Waals surface area contributed by atoms with Gasteiger partial charge < -0.3 is 33.5 Å². The molecular formula is C62H62ClFN8O9. The molecule has 1 atom stereocenters. The van der Waals surface area contributed by atoms with Gasteiger partial charge in [-0.15, -0.1) is 5.10 Å². The summed E-state index contributed by atoms with van der Waals surface area (Å²) in [5, 5.41) is 16.5. The molecule has 0 fully saturated rings. The summed E-state index contributed by atoms with van der Waals surface area (Å²) in [6, 6.07) is 44.9. The average Bonchev–Trinajstić information content (AvgIpc) is 3.83. The van der Waals surface area contributed by atoms with E-state index in [2.05, 4.69) is 55.8 Å². The number of para-hydroxylation sites is 3. The first-order valence-corrected chi connectivity index (χ1v) is 25.3. The van der Waals surface area contributed by atoms with Gasteiger partial charge in [0.05, 0.1) is 29.7 Å². The number of carbonyl (C=O) groups is 1. The number of allylic oxidation sites excluding steroid dienone is 1. The summed E-state index contributed by atoms with van der Waals surface area (Å²) in [4.78, 5) is 47.8. The van der Waals surface area contributed by atoms with E-state index in [1.165, 1.54) is 28.8 Å². The minimum atomic E-state index is -0.882. The smallest absolute Gasteiger partial charge is 0.353 e. The molecule has 3 heterocycles. The molecule has 0 N–H and O–H groups in total. The number of ketones is 1. The van der Waals surface area contributed by atoms with Gasteiger partial charge in [-0.2, -0.15) is 14.4 Å². The van der Waals surface area contributed by atoms with E-state index in [0.29, 0.717) is 46.4 Å². The van der Waals surface area contributed by atoms with Crippen molar-refractivity contribution in [2.24, 2.45) is 22.5 Å². The molecule has 0 saturated heterocycles. The summed E-state index contributed by atoms with van der Waals surface area (Å²) >= 11 is 6.06. The molecule has 8 aromatic rings. The van der Waals surface area contributed by atoms with Crippen LogP contribution < -0.4 is 19.9 Å². The highest BCUT2D eigenvalue weighted by Gasteiger charge is 2.22. The largest absolute Gasteiger partial charge is 0.471 e. The lowest BCUT2D eigenvalue weighted by molar-refractivity contribution is -0.111. The van der Waals surface area contributed by atoms with Crippen LogP contribution in [-0.2, 0) is 37.7 Å². The normalized spacial score (nSPS) is 12.1. The number of aryl methyl sites for hydroxylation is 3. The molecule has 0 saturated carbocycles. The number of ether oxygens (including phenoxy) is 4. The SMILES string of the molecule is C.C=C(C(C)=O)c1ccccc1/C=N/OC(C)c1cccc(C)c1.C=C(C1=NOCCO1)c1ccccc1Oc1ncnc(Oc2ccccc2Cl)c1F.COc1nn(C)c(=O)n1-c1ccccc1CO/N=C(\C)c1cccc(C)c1. The lowest BCUT2D eigenvalue weighted by atomic mass is 9.99. The third-order valence-corrected chi connectivity index (χ3v) is 12.1. The number of oxime groups is 3. The third-order valence-electron chi connectivity index (χ3n) is 11.8. The van der Waals surface area contributed by atoms with Gasteiger partial charge in [0.2, 0.25) is 5.82 Å². The fourth-order valence-electron chi connectivity index (χ4n) is 7.57.